The van der Waals surface area contributed by atoms with Crippen molar-refractivity contribution in [3.63, 3.8) is 0 Å². The third-order valence-electron chi connectivity index (χ3n) is 8.55. The number of morpholine rings is 1. The number of rotatable bonds is 11. The van der Waals surface area contributed by atoms with Crippen LogP contribution in [0.1, 0.15) is 33.1 Å². The van der Waals surface area contributed by atoms with Crippen LogP contribution in [0.2, 0.25) is 0 Å². The maximum Gasteiger partial charge on any atom is 0.310 e. The number of hydrogen-bond donors (Lipinski definition) is 2. The quantitative estimate of drug-likeness (QED) is 0.392. The Kier molecular flexibility index (Phi) is 7.85. The molecule has 0 aromatic rings. The molecule has 0 aromatic carbocycles. The Labute approximate surface area is 206 Å². The molecule has 4 heterocycles. The van der Waals surface area contributed by atoms with Crippen molar-refractivity contribution in [1.82, 2.24) is 14.7 Å². The van der Waals surface area contributed by atoms with E-state index in [-0.39, 0.29) is 24.3 Å². The molecule has 1 spiro atoms. The minimum atomic E-state index is -1.18. The Bertz CT molecular complexity index is 832. The van der Waals surface area contributed by atoms with Gasteiger partial charge < -0.3 is 29.5 Å². The van der Waals surface area contributed by atoms with Crippen LogP contribution in [0.5, 0.6) is 0 Å². The molecule has 4 aliphatic heterocycles. The van der Waals surface area contributed by atoms with Gasteiger partial charge in [0.15, 0.2) is 0 Å². The molecule has 4 fully saturated rings. The Morgan fingerprint density at radius 2 is 2.06 bits per heavy atom. The van der Waals surface area contributed by atoms with Crippen LogP contribution in [-0.4, -0.2) is 119 Å². The predicted octanol–water partition coefficient (Wildman–Crippen LogP) is 0.199. The van der Waals surface area contributed by atoms with Gasteiger partial charge in [0, 0.05) is 32.7 Å². The summed E-state index contributed by atoms with van der Waals surface area (Å²) in [6.07, 6.45) is 2.75. The average Bonchev–Trinajstić information content (AvgIpc) is 3.50. The number of likely N-dealkylation sites (tertiary alicyclic amines) is 1. The normalized spacial score (nSPS) is 34.0. The highest BCUT2D eigenvalue weighted by Gasteiger charge is 2.75. The topological polar surface area (TPSA) is 120 Å². The maximum absolute atomic E-state index is 14.2. The third-order valence-corrected chi connectivity index (χ3v) is 8.55. The van der Waals surface area contributed by atoms with Gasteiger partial charge in [0.25, 0.3) is 0 Å². The lowest BCUT2D eigenvalue weighted by Gasteiger charge is -2.41. The number of aliphatic hydroxyl groups is 1. The first-order valence-electron chi connectivity index (χ1n) is 12.8. The highest BCUT2D eigenvalue weighted by molar-refractivity contribution is 5.98. The molecule has 4 aliphatic rings. The number of ether oxygens (including phenoxy) is 2. The molecular weight excluding hydrogens is 454 g/mol. The number of amides is 2. The van der Waals surface area contributed by atoms with Crippen molar-refractivity contribution < 1.29 is 34.1 Å². The van der Waals surface area contributed by atoms with Crippen molar-refractivity contribution in [2.24, 2.45) is 17.8 Å². The molecule has 0 saturated carbocycles. The fraction of sp³-hybridized carbons (Fsp3) is 0.800. The smallest absolute Gasteiger partial charge is 0.310 e. The van der Waals surface area contributed by atoms with Gasteiger partial charge in [0.1, 0.15) is 11.6 Å². The van der Waals surface area contributed by atoms with Gasteiger partial charge in [-0.3, -0.25) is 19.3 Å². The van der Waals surface area contributed by atoms with E-state index in [1.54, 1.807) is 11.0 Å². The number of nitrogens with zero attached hydrogens (tertiary/aromatic N) is 3. The maximum atomic E-state index is 14.2. The summed E-state index contributed by atoms with van der Waals surface area (Å²) in [7, 11) is 0. The summed E-state index contributed by atoms with van der Waals surface area (Å²) in [5, 5.41) is 20.3. The zero-order chi connectivity index (χ0) is 25.3. The number of carbonyl (C=O) groups excluding carboxylic acids is 2. The molecule has 2 amide bonds. The fourth-order valence-electron chi connectivity index (χ4n) is 6.53. The van der Waals surface area contributed by atoms with Gasteiger partial charge in [-0.1, -0.05) is 26.3 Å². The van der Waals surface area contributed by atoms with Crippen molar-refractivity contribution in [1.29, 1.82) is 0 Å². The summed E-state index contributed by atoms with van der Waals surface area (Å²) in [5.74, 6) is -3.69. The number of hydrogen-bond acceptors (Lipinski definition) is 7. The number of aliphatic carboxylic acids is 1. The molecular formula is C25H39N3O7. The lowest BCUT2D eigenvalue weighted by Crippen LogP contribution is -2.60. The molecule has 10 nitrogen and oxygen atoms in total. The number of carbonyl (C=O) groups is 3. The van der Waals surface area contributed by atoms with Gasteiger partial charge in [-0.15, -0.1) is 6.58 Å². The Balaban J connectivity index is 1.68. The number of aliphatic hydroxyl groups excluding tert-OH is 1. The first-order chi connectivity index (χ1) is 16.8. The largest absolute Gasteiger partial charge is 0.481 e. The molecule has 0 aliphatic carbocycles. The monoisotopic (exact) mass is 493 g/mol. The molecule has 10 heteroatoms. The number of fused-ring (bicyclic) bond motifs is 1. The first kappa shape index (κ1) is 26.1. The van der Waals surface area contributed by atoms with Crippen LogP contribution in [0.25, 0.3) is 0 Å². The van der Waals surface area contributed by atoms with Crippen molar-refractivity contribution in [2.75, 3.05) is 52.5 Å². The molecule has 4 rings (SSSR count). The van der Waals surface area contributed by atoms with E-state index in [9.17, 15) is 24.6 Å². The lowest BCUT2D eigenvalue weighted by molar-refractivity contribution is -0.154. The minimum absolute atomic E-state index is 0.0730. The van der Waals surface area contributed by atoms with Crippen molar-refractivity contribution in [3.05, 3.63) is 12.7 Å². The first-order valence-corrected chi connectivity index (χ1v) is 12.8. The van der Waals surface area contributed by atoms with Crippen LogP contribution in [0, 0.1) is 17.8 Å². The van der Waals surface area contributed by atoms with Crippen LogP contribution in [0.3, 0.4) is 0 Å². The van der Waals surface area contributed by atoms with Gasteiger partial charge in [-0.2, -0.15) is 0 Å². The second kappa shape index (κ2) is 10.5. The van der Waals surface area contributed by atoms with E-state index >= 15 is 0 Å². The SMILES string of the molecule is C=CCN(CCN1CCOCC1)C(=O)C1N([C@@H](CO)[C@@H](C)CC)C(=O)[C@@H]2[C@H](C(=O)O)[C@@H]3CCC12O3. The van der Waals surface area contributed by atoms with E-state index in [4.69, 9.17) is 9.47 Å². The highest BCUT2D eigenvalue weighted by atomic mass is 16.5. The van der Waals surface area contributed by atoms with Crippen LogP contribution in [-0.2, 0) is 23.9 Å². The molecule has 2 bridgehead atoms. The van der Waals surface area contributed by atoms with Crippen molar-refractivity contribution in [3.8, 4) is 0 Å². The zero-order valence-corrected chi connectivity index (χ0v) is 20.8. The van der Waals surface area contributed by atoms with Gasteiger partial charge in [0.2, 0.25) is 11.8 Å². The van der Waals surface area contributed by atoms with Crippen molar-refractivity contribution in [2.45, 2.75) is 56.9 Å². The van der Waals surface area contributed by atoms with Gasteiger partial charge in [0.05, 0.1) is 43.8 Å². The molecule has 7 atom stereocenters. The average molecular weight is 494 g/mol. The summed E-state index contributed by atoms with van der Waals surface area (Å²) in [5.41, 5.74) is -1.18. The summed E-state index contributed by atoms with van der Waals surface area (Å²) < 4.78 is 11.7. The summed E-state index contributed by atoms with van der Waals surface area (Å²) in [6, 6.07) is -1.56. The Hall–Kier alpha value is -2.01. The molecule has 4 saturated heterocycles. The van der Waals surface area contributed by atoms with E-state index in [1.165, 1.54) is 4.90 Å². The van der Waals surface area contributed by atoms with E-state index in [1.807, 2.05) is 13.8 Å². The van der Waals surface area contributed by atoms with Gasteiger partial charge in [-0.05, 0) is 18.8 Å². The standard InChI is InChI=1S/C25H39N3O7/c1-4-8-27(10-9-26-11-13-34-14-12-26)23(31)21-25-7-6-18(35-25)19(24(32)33)20(25)22(30)28(21)17(15-29)16(3)5-2/h4,16-21,29H,1,5-15H2,2-3H3,(H,32,33)/t16-,17-,18-,19+,20-,21?,25?/m0/s1. The number of carboxylic acids is 1. The van der Waals surface area contributed by atoms with Crippen molar-refractivity contribution >= 4 is 17.8 Å². The second-order valence-electron chi connectivity index (χ2n) is 10.3. The molecule has 2 N–H and O–H groups in total. The summed E-state index contributed by atoms with van der Waals surface area (Å²) >= 11 is 0. The summed E-state index contributed by atoms with van der Waals surface area (Å²) in [6.45, 7) is 11.7. The van der Waals surface area contributed by atoms with Crippen LogP contribution in [0.4, 0.5) is 0 Å². The zero-order valence-electron chi connectivity index (χ0n) is 20.8. The lowest BCUT2D eigenvalue weighted by atomic mass is 9.70. The second-order valence-corrected chi connectivity index (χ2v) is 10.3. The minimum Gasteiger partial charge on any atom is -0.481 e. The number of carboxylic acid groups (broad SMARTS) is 1. The Morgan fingerprint density at radius 1 is 1.34 bits per heavy atom. The summed E-state index contributed by atoms with van der Waals surface area (Å²) in [4.78, 5) is 45.7. The van der Waals surface area contributed by atoms with Crippen LogP contribution >= 0.6 is 0 Å². The molecule has 196 valence electrons. The van der Waals surface area contributed by atoms with Gasteiger partial charge in [-0.25, -0.2) is 0 Å². The van der Waals surface area contributed by atoms with Crippen LogP contribution in [0.15, 0.2) is 12.7 Å². The molecule has 2 unspecified atom stereocenters. The van der Waals surface area contributed by atoms with E-state index < -0.39 is 41.6 Å². The highest BCUT2D eigenvalue weighted by Crippen LogP contribution is 2.59. The fourth-order valence-corrected chi connectivity index (χ4v) is 6.53. The predicted molar refractivity (Wildman–Crippen MR) is 126 cm³/mol. The molecule has 35 heavy (non-hydrogen) atoms. The third kappa shape index (κ3) is 4.39. The van der Waals surface area contributed by atoms with E-state index in [2.05, 4.69) is 11.5 Å². The van der Waals surface area contributed by atoms with Gasteiger partial charge >= 0.3 is 5.97 Å². The Morgan fingerprint density at radius 3 is 2.66 bits per heavy atom. The van der Waals surface area contributed by atoms with E-state index in [0.717, 1.165) is 13.1 Å². The molecule has 0 aromatic heterocycles. The molecule has 0 radical (unpaired) electrons. The van der Waals surface area contributed by atoms with Crippen LogP contribution < -0.4 is 0 Å². The van der Waals surface area contributed by atoms with E-state index in [0.29, 0.717) is 52.1 Å².